The fourth-order valence-corrected chi connectivity index (χ4v) is 1.90. The Kier molecular flexibility index (Phi) is 1.70. The van der Waals surface area contributed by atoms with Crippen LogP contribution in [0.25, 0.3) is 0 Å². The Labute approximate surface area is 83.5 Å². The molecule has 0 radical (unpaired) electrons. The number of carbonyl (C=O) groups excluding carboxylic acids is 1. The zero-order valence-electron chi connectivity index (χ0n) is 8.66. The summed E-state index contributed by atoms with van der Waals surface area (Å²) in [6.07, 6.45) is 0. The van der Waals surface area contributed by atoms with E-state index in [2.05, 4.69) is 0 Å². The average Bonchev–Trinajstić information content (AvgIpc) is 2.28. The molecular weight excluding hydrogens is 176 g/mol. The van der Waals surface area contributed by atoms with Crippen molar-refractivity contribution >= 4 is 11.6 Å². The zero-order valence-corrected chi connectivity index (χ0v) is 8.66. The van der Waals surface area contributed by atoms with Gasteiger partial charge < -0.3 is 0 Å². The van der Waals surface area contributed by atoms with Gasteiger partial charge >= 0.3 is 0 Å². The summed E-state index contributed by atoms with van der Waals surface area (Å²) in [5.74, 6) is 5.67. The van der Waals surface area contributed by atoms with Crippen molar-refractivity contribution < 1.29 is 4.79 Å². The van der Waals surface area contributed by atoms with Crippen LogP contribution in [-0.2, 0) is 10.2 Å². The van der Waals surface area contributed by atoms with E-state index in [4.69, 9.17) is 5.84 Å². The number of benzene rings is 1. The van der Waals surface area contributed by atoms with Crippen molar-refractivity contribution in [3.63, 3.8) is 0 Å². The van der Waals surface area contributed by atoms with Gasteiger partial charge in [0, 0.05) is 0 Å². The molecule has 0 unspecified atom stereocenters. The van der Waals surface area contributed by atoms with Gasteiger partial charge in [0.05, 0.1) is 11.1 Å². The number of hydrogen-bond acceptors (Lipinski definition) is 2. The molecule has 2 rings (SSSR count). The van der Waals surface area contributed by atoms with Gasteiger partial charge in [-0.25, -0.2) is 10.9 Å². The van der Waals surface area contributed by atoms with Gasteiger partial charge in [0.25, 0.3) is 5.91 Å². The molecule has 1 aromatic rings. The summed E-state index contributed by atoms with van der Waals surface area (Å²) in [5, 5.41) is 1.25. The molecule has 14 heavy (non-hydrogen) atoms. The summed E-state index contributed by atoms with van der Waals surface area (Å²) in [6.45, 7) is 5.79. The topological polar surface area (TPSA) is 46.3 Å². The smallest absolute Gasteiger partial charge is 0.251 e. The van der Waals surface area contributed by atoms with Crippen LogP contribution in [0.1, 0.15) is 25.0 Å². The fraction of sp³-hybridized carbons (Fsp3) is 0.364. The van der Waals surface area contributed by atoms with Crippen molar-refractivity contribution in [2.75, 3.05) is 5.01 Å². The van der Waals surface area contributed by atoms with Gasteiger partial charge in [-0.1, -0.05) is 12.1 Å². The number of hydrazine groups is 1. The number of aryl methyl sites for hydroxylation is 1. The maximum atomic E-state index is 11.8. The van der Waals surface area contributed by atoms with Crippen LogP contribution in [0.4, 0.5) is 5.69 Å². The van der Waals surface area contributed by atoms with Crippen molar-refractivity contribution in [3.8, 4) is 0 Å². The van der Waals surface area contributed by atoms with E-state index in [0.29, 0.717) is 0 Å². The summed E-state index contributed by atoms with van der Waals surface area (Å²) in [5.41, 5.74) is 2.47. The predicted molar refractivity (Wildman–Crippen MR) is 55.9 cm³/mol. The van der Waals surface area contributed by atoms with Crippen LogP contribution < -0.4 is 10.9 Å². The van der Waals surface area contributed by atoms with E-state index in [1.807, 2.05) is 39.0 Å². The molecule has 0 bridgehead atoms. The maximum Gasteiger partial charge on any atom is 0.251 e. The first kappa shape index (κ1) is 9.21. The van der Waals surface area contributed by atoms with Gasteiger partial charge in [0.15, 0.2) is 0 Å². The third kappa shape index (κ3) is 0.990. The molecule has 1 amide bonds. The number of nitrogens with zero attached hydrogens (tertiary/aromatic N) is 1. The summed E-state index contributed by atoms with van der Waals surface area (Å²) in [4.78, 5) is 11.8. The quantitative estimate of drug-likeness (QED) is 0.497. The number of carbonyl (C=O) groups is 1. The van der Waals surface area contributed by atoms with Gasteiger partial charge in [-0.3, -0.25) is 4.79 Å². The average molecular weight is 190 g/mol. The summed E-state index contributed by atoms with van der Waals surface area (Å²) in [7, 11) is 0. The standard InChI is InChI=1S/C11H14N2O/c1-7-4-5-8-9(6-7)13(12)10(14)11(8,2)3/h4-6H,12H2,1-3H3. The predicted octanol–water partition coefficient (Wildman–Crippen LogP) is 1.49. The van der Waals surface area contributed by atoms with Gasteiger partial charge in [-0.15, -0.1) is 0 Å². The van der Waals surface area contributed by atoms with Crippen LogP contribution in [-0.4, -0.2) is 5.91 Å². The van der Waals surface area contributed by atoms with Crippen molar-refractivity contribution in [1.29, 1.82) is 0 Å². The van der Waals surface area contributed by atoms with Crippen LogP contribution in [0, 0.1) is 6.92 Å². The monoisotopic (exact) mass is 190 g/mol. The lowest BCUT2D eigenvalue weighted by Crippen LogP contribution is -2.40. The minimum atomic E-state index is -0.488. The summed E-state index contributed by atoms with van der Waals surface area (Å²) < 4.78 is 0. The van der Waals surface area contributed by atoms with E-state index < -0.39 is 5.41 Å². The van der Waals surface area contributed by atoms with E-state index in [9.17, 15) is 4.79 Å². The molecule has 74 valence electrons. The second-order valence-electron chi connectivity index (χ2n) is 4.32. The molecule has 0 saturated heterocycles. The van der Waals surface area contributed by atoms with Gasteiger partial charge in [0.1, 0.15) is 0 Å². The lowest BCUT2D eigenvalue weighted by molar-refractivity contribution is -0.122. The Morgan fingerprint density at radius 2 is 2.00 bits per heavy atom. The van der Waals surface area contributed by atoms with Crippen LogP contribution in [0.3, 0.4) is 0 Å². The molecule has 0 atom stereocenters. The Balaban J connectivity index is 2.68. The lowest BCUT2D eigenvalue weighted by Gasteiger charge is -2.15. The Hall–Kier alpha value is -1.35. The number of rotatable bonds is 0. The number of anilines is 1. The molecule has 3 nitrogen and oxygen atoms in total. The first-order chi connectivity index (χ1) is 6.44. The molecule has 0 spiro atoms. The van der Waals surface area contributed by atoms with E-state index in [0.717, 1.165) is 16.8 Å². The number of nitrogens with two attached hydrogens (primary N) is 1. The molecule has 1 heterocycles. The SMILES string of the molecule is Cc1ccc2c(c1)N(N)C(=O)C2(C)C. The third-order valence-electron chi connectivity index (χ3n) is 2.84. The highest BCUT2D eigenvalue weighted by atomic mass is 16.2. The third-order valence-corrected chi connectivity index (χ3v) is 2.84. The Morgan fingerprint density at radius 1 is 1.36 bits per heavy atom. The Bertz CT molecular complexity index is 410. The molecule has 0 fully saturated rings. The highest BCUT2D eigenvalue weighted by Crippen LogP contribution is 2.39. The highest BCUT2D eigenvalue weighted by molar-refractivity contribution is 6.06. The van der Waals surface area contributed by atoms with Crippen LogP contribution >= 0.6 is 0 Å². The van der Waals surface area contributed by atoms with Crippen LogP contribution in [0.15, 0.2) is 18.2 Å². The fourth-order valence-electron chi connectivity index (χ4n) is 1.90. The molecular formula is C11H14N2O. The van der Waals surface area contributed by atoms with Crippen LogP contribution in [0.5, 0.6) is 0 Å². The zero-order chi connectivity index (χ0) is 10.5. The Morgan fingerprint density at radius 3 is 2.64 bits per heavy atom. The van der Waals surface area contributed by atoms with Gasteiger partial charge in [-0.05, 0) is 38.0 Å². The molecule has 0 aliphatic carbocycles. The van der Waals surface area contributed by atoms with Gasteiger partial charge in [0.2, 0.25) is 0 Å². The van der Waals surface area contributed by atoms with E-state index in [1.54, 1.807) is 0 Å². The first-order valence-electron chi connectivity index (χ1n) is 4.65. The molecule has 0 aromatic heterocycles. The van der Waals surface area contributed by atoms with E-state index in [-0.39, 0.29) is 5.91 Å². The van der Waals surface area contributed by atoms with Crippen molar-refractivity contribution in [3.05, 3.63) is 29.3 Å². The lowest BCUT2D eigenvalue weighted by atomic mass is 9.86. The first-order valence-corrected chi connectivity index (χ1v) is 4.65. The minimum absolute atomic E-state index is 0.0434. The van der Waals surface area contributed by atoms with E-state index >= 15 is 0 Å². The summed E-state index contributed by atoms with van der Waals surface area (Å²) >= 11 is 0. The second kappa shape index (κ2) is 2.58. The number of amides is 1. The minimum Gasteiger partial charge on any atom is -0.272 e. The highest BCUT2D eigenvalue weighted by Gasteiger charge is 2.42. The van der Waals surface area contributed by atoms with Crippen LogP contribution in [0.2, 0.25) is 0 Å². The van der Waals surface area contributed by atoms with Crippen molar-refractivity contribution in [2.45, 2.75) is 26.2 Å². The van der Waals surface area contributed by atoms with Crippen molar-refractivity contribution in [2.24, 2.45) is 5.84 Å². The molecule has 3 heteroatoms. The molecule has 2 N–H and O–H groups in total. The maximum absolute atomic E-state index is 11.8. The normalized spacial score (nSPS) is 18.6. The number of hydrogen-bond donors (Lipinski definition) is 1. The summed E-state index contributed by atoms with van der Waals surface area (Å²) in [6, 6.07) is 5.93. The van der Waals surface area contributed by atoms with Crippen molar-refractivity contribution in [1.82, 2.24) is 0 Å². The largest absolute Gasteiger partial charge is 0.272 e. The molecule has 1 aliphatic rings. The van der Waals surface area contributed by atoms with E-state index in [1.165, 1.54) is 5.01 Å². The molecule has 0 saturated carbocycles. The number of fused-ring (bicyclic) bond motifs is 1. The molecule has 1 aliphatic heterocycles. The van der Waals surface area contributed by atoms with Gasteiger partial charge in [-0.2, -0.15) is 0 Å². The second-order valence-corrected chi connectivity index (χ2v) is 4.32. The molecule has 1 aromatic carbocycles.